The van der Waals surface area contributed by atoms with Crippen molar-refractivity contribution >= 4 is 12.0 Å². The maximum atomic E-state index is 13.4. The van der Waals surface area contributed by atoms with Crippen LogP contribution in [0.15, 0.2) is 48.5 Å². The number of carbonyl (C=O) groups excluding carboxylic acids is 2. The number of hydrogen-bond acceptors (Lipinski definition) is 3. The van der Waals surface area contributed by atoms with Crippen molar-refractivity contribution in [1.82, 2.24) is 10.6 Å². The molecule has 0 radical (unpaired) electrons. The zero-order valence-electron chi connectivity index (χ0n) is 17.2. The first kappa shape index (κ1) is 20.8. The van der Waals surface area contributed by atoms with Crippen molar-refractivity contribution < 1.29 is 18.7 Å². The molecule has 0 bridgehead atoms. The topological polar surface area (TPSA) is 67.4 Å². The largest absolute Gasteiger partial charge is 0.444 e. The Bertz CT molecular complexity index is 890. The minimum atomic E-state index is -0.985. The third-order valence-corrected chi connectivity index (χ3v) is 5.04. The molecule has 3 rings (SSSR count). The van der Waals surface area contributed by atoms with Crippen LogP contribution in [0.3, 0.4) is 0 Å². The van der Waals surface area contributed by atoms with E-state index >= 15 is 0 Å². The van der Waals surface area contributed by atoms with Gasteiger partial charge in [0.05, 0.1) is 0 Å². The van der Waals surface area contributed by atoms with Crippen LogP contribution in [0, 0.1) is 5.82 Å². The predicted molar refractivity (Wildman–Crippen MR) is 109 cm³/mol. The van der Waals surface area contributed by atoms with Gasteiger partial charge in [-0.25, -0.2) is 9.18 Å². The molecule has 0 spiro atoms. The third kappa shape index (κ3) is 5.13. The van der Waals surface area contributed by atoms with Gasteiger partial charge in [0.25, 0.3) is 0 Å². The summed E-state index contributed by atoms with van der Waals surface area (Å²) < 4.78 is 18.7. The molecular weight excluding hydrogens is 371 g/mol. The second-order valence-corrected chi connectivity index (χ2v) is 8.44. The lowest BCUT2D eigenvalue weighted by molar-refractivity contribution is -0.124. The molecule has 2 amide bonds. The zero-order chi connectivity index (χ0) is 21.2. The van der Waals surface area contributed by atoms with Gasteiger partial charge >= 0.3 is 6.09 Å². The molecule has 0 fully saturated rings. The van der Waals surface area contributed by atoms with E-state index in [4.69, 9.17) is 4.74 Å². The lowest BCUT2D eigenvalue weighted by atomic mass is 10.00. The molecule has 1 aliphatic carbocycles. The molecule has 0 aromatic heterocycles. The fraction of sp³-hybridized carbons (Fsp3) is 0.391. The molecule has 0 unspecified atom stereocenters. The molecule has 3 atom stereocenters. The van der Waals surface area contributed by atoms with Crippen LogP contribution < -0.4 is 10.6 Å². The van der Waals surface area contributed by atoms with E-state index in [2.05, 4.69) is 29.7 Å². The highest BCUT2D eigenvalue weighted by Crippen LogP contribution is 2.33. The van der Waals surface area contributed by atoms with Crippen molar-refractivity contribution in [2.24, 2.45) is 0 Å². The van der Waals surface area contributed by atoms with Crippen molar-refractivity contribution in [3.8, 4) is 0 Å². The summed E-state index contributed by atoms with van der Waals surface area (Å²) in [7, 11) is 0. The van der Waals surface area contributed by atoms with Crippen molar-refractivity contribution in [3.05, 3.63) is 71.0 Å². The Labute approximate surface area is 170 Å². The summed E-state index contributed by atoms with van der Waals surface area (Å²) in [5, 5.41) is 5.68. The Morgan fingerprint density at radius 2 is 1.76 bits per heavy atom. The van der Waals surface area contributed by atoms with Gasteiger partial charge in [0.2, 0.25) is 5.91 Å². The van der Waals surface area contributed by atoms with Crippen LogP contribution in [0.1, 0.15) is 56.3 Å². The average molecular weight is 398 g/mol. The lowest BCUT2D eigenvalue weighted by Crippen LogP contribution is -2.46. The Kier molecular flexibility index (Phi) is 5.91. The molecule has 2 aromatic carbocycles. The number of benzene rings is 2. The molecule has 6 heteroatoms. The van der Waals surface area contributed by atoms with Gasteiger partial charge in [-0.15, -0.1) is 0 Å². The van der Waals surface area contributed by atoms with Gasteiger partial charge < -0.3 is 15.4 Å². The number of halogens is 1. The lowest BCUT2D eigenvalue weighted by Gasteiger charge is -2.25. The first-order chi connectivity index (χ1) is 13.6. The SMILES string of the molecule is C[C@@H]1c2ccccc2C[C@H]1NC(=O)[C@@H](NC(=O)OC(C)(C)C)c1ccc(F)cc1. The van der Waals surface area contributed by atoms with Crippen LogP contribution in [0.25, 0.3) is 0 Å². The molecule has 29 heavy (non-hydrogen) atoms. The van der Waals surface area contributed by atoms with Crippen LogP contribution >= 0.6 is 0 Å². The molecule has 0 saturated heterocycles. The normalized spacial score (nSPS) is 19.2. The number of ether oxygens (including phenoxy) is 1. The van der Waals surface area contributed by atoms with E-state index in [0.29, 0.717) is 5.56 Å². The zero-order valence-corrected chi connectivity index (χ0v) is 17.2. The molecule has 1 aliphatic rings. The third-order valence-electron chi connectivity index (χ3n) is 5.04. The van der Waals surface area contributed by atoms with Crippen molar-refractivity contribution in [3.63, 3.8) is 0 Å². The van der Waals surface area contributed by atoms with Crippen LogP contribution in [-0.4, -0.2) is 23.6 Å². The van der Waals surface area contributed by atoms with Crippen LogP contribution in [0.5, 0.6) is 0 Å². The van der Waals surface area contributed by atoms with Gasteiger partial charge in [0, 0.05) is 12.0 Å². The van der Waals surface area contributed by atoms with Gasteiger partial charge in [-0.3, -0.25) is 4.79 Å². The second-order valence-electron chi connectivity index (χ2n) is 8.44. The highest BCUT2D eigenvalue weighted by atomic mass is 19.1. The summed E-state index contributed by atoms with van der Waals surface area (Å²) in [6.07, 6.45) is 0.0239. The van der Waals surface area contributed by atoms with Crippen molar-refractivity contribution in [1.29, 1.82) is 0 Å². The highest BCUT2D eigenvalue weighted by molar-refractivity contribution is 5.87. The molecule has 154 valence electrons. The van der Waals surface area contributed by atoms with E-state index in [9.17, 15) is 14.0 Å². The van der Waals surface area contributed by atoms with E-state index in [1.54, 1.807) is 20.8 Å². The van der Waals surface area contributed by atoms with Gasteiger partial charge in [-0.05, 0) is 56.0 Å². The summed E-state index contributed by atoms with van der Waals surface area (Å²) in [5.74, 6) is -0.609. The van der Waals surface area contributed by atoms with Gasteiger partial charge in [-0.1, -0.05) is 43.3 Å². The Morgan fingerprint density at radius 1 is 1.10 bits per heavy atom. The van der Waals surface area contributed by atoms with E-state index in [0.717, 1.165) is 6.42 Å². The second kappa shape index (κ2) is 8.23. The molecular formula is C23H27FN2O3. The highest BCUT2D eigenvalue weighted by Gasteiger charge is 2.33. The first-order valence-corrected chi connectivity index (χ1v) is 9.77. The van der Waals surface area contributed by atoms with E-state index in [1.807, 2.05) is 12.1 Å². The number of fused-ring (bicyclic) bond motifs is 1. The minimum Gasteiger partial charge on any atom is -0.444 e. The number of nitrogens with one attached hydrogen (secondary N) is 2. The Morgan fingerprint density at radius 3 is 2.38 bits per heavy atom. The fourth-order valence-electron chi connectivity index (χ4n) is 3.62. The minimum absolute atomic E-state index is 0.0803. The number of carbonyl (C=O) groups is 2. The van der Waals surface area contributed by atoms with Crippen LogP contribution in [-0.2, 0) is 16.0 Å². The van der Waals surface area contributed by atoms with Gasteiger partial charge in [-0.2, -0.15) is 0 Å². The van der Waals surface area contributed by atoms with Crippen LogP contribution in [0.2, 0.25) is 0 Å². The standard InChI is InChI=1S/C23H27FN2O3/c1-14-18-8-6-5-7-16(18)13-19(14)25-21(27)20(15-9-11-17(24)12-10-15)26-22(28)29-23(2,3)4/h5-12,14,19-20H,13H2,1-4H3,(H,25,27)(H,26,28)/t14-,19-,20+/m1/s1. The molecule has 0 heterocycles. The Balaban J connectivity index is 1.77. The van der Waals surface area contributed by atoms with E-state index in [1.165, 1.54) is 35.4 Å². The number of rotatable bonds is 4. The molecule has 0 saturated carbocycles. The van der Waals surface area contributed by atoms with Gasteiger partial charge in [0.15, 0.2) is 0 Å². The maximum absolute atomic E-state index is 13.4. The van der Waals surface area contributed by atoms with Crippen molar-refractivity contribution in [2.45, 2.75) is 57.7 Å². The first-order valence-electron chi connectivity index (χ1n) is 9.77. The average Bonchev–Trinajstić information content (AvgIpc) is 2.95. The number of amides is 2. The predicted octanol–water partition coefficient (Wildman–Crippen LogP) is 4.24. The van der Waals surface area contributed by atoms with Gasteiger partial charge in [0.1, 0.15) is 17.5 Å². The molecule has 5 nitrogen and oxygen atoms in total. The molecule has 2 N–H and O–H groups in total. The fourth-order valence-corrected chi connectivity index (χ4v) is 3.62. The summed E-state index contributed by atoms with van der Waals surface area (Å²) >= 11 is 0. The number of alkyl carbamates (subject to hydrolysis) is 1. The summed E-state index contributed by atoms with van der Waals surface area (Å²) in [5.41, 5.74) is 2.22. The summed E-state index contributed by atoms with van der Waals surface area (Å²) in [6.45, 7) is 7.32. The Hall–Kier alpha value is -2.89. The van der Waals surface area contributed by atoms with E-state index in [-0.39, 0.29) is 17.9 Å². The van der Waals surface area contributed by atoms with Crippen molar-refractivity contribution in [2.75, 3.05) is 0 Å². The smallest absolute Gasteiger partial charge is 0.408 e. The number of hydrogen-bond donors (Lipinski definition) is 2. The maximum Gasteiger partial charge on any atom is 0.408 e. The quantitative estimate of drug-likeness (QED) is 0.810. The summed E-state index contributed by atoms with van der Waals surface area (Å²) in [6, 6.07) is 12.6. The molecule has 0 aliphatic heterocycles. The van der Waals surface area contributed by atoms with E-state index < -0.39 is 23.6 Å². The molecule has 2 aromatic rings. The van der Waals surface area contributed by atoms with Crippen LogP contribution in [0.4, 0.5) is 9.18 Å². The monoisotopic (exact) mass is 398 g/mol. The summed E-state index contributed by atoms with van der Waals surface area (Å²) in [4.78, 5) is 25.4.